The van der Waals surface area contributed by atoms with Crippen LogP contribution in [0.3, 0.4) is 0 Å². The highest BCUT2D eigenvalue weighted by Crippen LogP contribution is 2.22. The lowest BCUT2D eigenvalue weighted by Gasteiger charge is -2.06. The van der Waals surface area contributed by atoms with Crippen molar-refractivity contribution in [3.8, 4) is 6.07 Å². The Labute approximate surface area is 123 Å². The van der Waals surface area contributed by atoms with Crippen LogP contribution in [0.2, 0.25) is 0 Å². The number of hydrogen-bond acceptors (Lipinski definition) is 1. The van der Waals surface area contributed by atoms with Crippen molar-refractivity contribution in [2.75, 3.05) is 0 Å². The SMILES string of the molecule is CC.CC.N#CC=C(c1ccccc1)c1ccccc1. The van der Waals surface area contributed by atoms with Crippen molar-refractivity contribution in [1.82, 2.24) is 0 Å². The quantitative estimate of drug-likeness (QED) is 0.639. The molecule has 0 heterocycles. The topological polar surface area (TPSA) is 23.8 Å². The number of nitrogens with zero attached hydrogens (tertiary/aromatic N) is 1. The fraction of sp³-hybridized carbons (Fsp3) is 0.211. The Morgan fingerprint density at radius 3 is 1.40 bits per heavy atom. The maximum Gasteiger partial charge on any atom is 0.0918 e. The normalized spacial score (nSPS) is 7.95. The van der Waals surface area contributed by atoms with Gasteiger partial charge in [-0.1, -0.05) is 88.4 Å². The molecule has 0 saturated carbocycles. The molecular formula is C19H23N. The summed E-state index contributed by atoms with van der Waals surface area (Å²) in [7, 11) is 0. The summed E-state index contributed by atoms with van der Waals surface area (Å²) < 4.78 is 0. The fourth-order valence-electron chi connectivity index (χ4n) is 1.63. The molecule has 1 heteroatoms. The molecule has 0 aliphatic rings. The molecular weight excluding hydrogens is 242 g/mol. The van der Waals surface area contributed by atoms with Crippen LogP contribution in [0.5, 0.6) is 0 Å². The molecule has 2 aromatic rings. The van der Waals surface area contributed by atoms with E-state index in [1.165, 1.54) is 0 Å². The van der Waals surface area contributed by atoms with Crippen LogP contribution in [-0.4, -0.2) is 0 Å². The first kappa shape index (κ1) is 17.7. The van der Waals surface area contributed by atoms with E-state index in [4.69, 9.17) is 5.26 Å². The second-order valence-electron chi connectivity index (χ2n) is 3.42. The average Bonchev–Trinajstić information content (AvgIpc) is 2.58. The molecule has 0 aliphatic carbocycles. The van der Waals surface area contributed by atoms with Crippen LogP contribution in [0, 0.1) is 11.3 Å². The third-order valence-electron chi connectivity index (χ3n) is 2.38. The van der Waals surface area contributed by atoms with Crippen LogP contribution in [-0.2, 0) is 0 Å². The van der Waals surface area contributed by atoms with Gasteiger partial charge in [-0.3, -0.25) is 0 Å². The lowest BCUT2D eigenvalue weighted by Crippen LogP contribution is -1.86. The third kappa shape index (κ3) is 5.54. The first-order chi connectivity index (χ1) is 9.92. The number of benzene rings is 2. The number of hydrogen-bond donors (Lipinski definition) is 0. The Kier molecular flexibility index (Phi) is 10.4. The van der Waals surface area contributed by atoms with Gasteiger partial charge in [0.25, 0.3) is 0 Å². The smallest absolute Gasteiger partial charge is 0.0918 e. The van der Waals surface area contributed by atoms with Gasteiger partial charge >= 0.3 is 0 Å². The maximum absolute atomic E-state index is 8.83. The Hall–Kier alpha value is -2.33. The molecule has 0 radical (unpaired) electrons. The van der Waals surface area contributed by atoms with E-state index in [1.54, 1.807) is 6.08 Å². The summed E-state index contributed by atoms with van der Waals surface area (Å²) in [6, 6.07) is 22.0. The van der Waals surface area contributed by atoms with Crippen LogP contribution in [0.4, 0.5) is 0 Å². The Balaban J connectivity index is 0.000000829. The van der Waals surface area contributed by atoms with Crippen LogP contribution >= 0.6 is 0 Å². The van der Waals surface area contributed by atoms with Crippen LogP contribution in [0.1, 0.15) is 38.8 Å². The van der Waals surface area contributed by atoms with Gasteiger partial charge in [0, 0.05) is 6.08 Å². The number of nitriles is 1. The van der Waals surface area contributed by atoms with E-state index in [9.17, 15) is 0 Å². The molecule has 0 spiro atoms. The van der Waals surface area contributed by atoms with Gasteiger partial charge in [-0.2, -0.15) is 5.26 Å². The van der Waals surface area contributed by atoms with Gasteiger partial charge in [0.15, 0.2) is 0 Å². The summed E-state index contributed by atoms with van der Waals surface area (Å²) in [5.41, 5.74) is 3.09. The maximum atomic E-state index is 8.83. The van der Waals surface area contributed by atoms with Crippen molar-refractivity contribution in [1.29, 1.82) is 5.26 Å². The molecule has 0 aromatic heterocycles. The number of rotatable bonds is 2. The highest BCUT2D eigenvalue weighted by Gasteiger charge is 2.02. The molecule has 0 saturated heterocycles. The van der Waals surface area contributed by atoms with Gasteiger partial charge in [0.2, 0.25) is 0 Å². The second-order valence-corrected chi connectivity index (χ2v) is 3.42. The van der Waals surface area contributed by atoms with Crippen molar-refractivity contribution in [3.63, 3.8) is 0 Å². The van der Waals surface area contributed by atoms with Crippen molar-refractivity contribution < 1.29 is 0 Å². The van der Waals surface area contributed by atoms with E-state index in [0.717, 1.165) is 16.7 Å². The minimum absolute atomic E-state index is 0.962. The van der Waals surface area contributed by atoms with Crippen molar-refractivity contribution in [3.05, 3.63) is 77.9 Å². The molecule has 0 aliphatic heterocycles. The van der Waals surface area contributed by atoms with Gasteiger partial charge in [-0.05, 0) is 16.7 Å². The molecule has 2 rings (SSSR count). The predicted molar refractivity (Wildman–Crippen MR) is 88.3 cm³/mol. The molecule has 0 unspecified atom stereocenters. The Bertz CT molecular complexity index is 477. The molecule has 2 aromatic carbocycles. The van der Waals surface area contributed by atoms with Gasteiger partial charge in [-0.15, -0.1) is 0 Å². The van der Waals surface area contributed by atoms with Crippen LogP contribution < -0.4 is 0 Å². The van der Waals surface area contributed by atoms with Crippen LogP contribution in [0.25, 0.3) is 5.57 Å². The first-order valence-corrected chi connectivity index (χ1v) is 7.12. The average molecular weight is 265 g/mol. The van der Waals surface area contributed by atoms with E-state index < -0.39 is 0 Å². The summed E-state index contributed by atoms with van der Waals surface area (Å²) in [6.45, 7) is 8.00. The minimum Gasteiger partial charge on any atom is -0.193 e. The summed E-state index contributed by atoms with van der Waals surface area (Å²) in [4.78, 5) is 0. The van der Waals surface area contributed by atoms with Gasteiger partial charge in [0.1, 0.15) is 0 Å². The molecule has 0 atom stereocenters. The minimum atomic E-state index is 0.962. The molecule has 0 N–H and O–H groups in total. The Morgan fingerprint density at radius 1 is 0.750 bits per heavy atom. The second kappa shape index (κ2) is 11.7. The van der Waals surface area contributed by atoms with Crippen molar-refractivity contribution in [2.45, 2.75) is 27.7 Å². The lowest BCUT2D eigenvalue weighted by atomic mass is 9.98. The van der Waals surface area contributed by atoms with Crippen LogP contribution in [0.15, 0.2) is 66.7 Å². The van der Waals surface area contributed by atoms with Gasteiger partial charge in [0.05, 0.1) is 6.07 Å². The molecule has 0 bridgehead atoms. The third-order valence-corrected chi connectivity index (χ3v) is 2.38. The standard InChI is InChI=1S/C15H11N.2C2H6/c16-12-11-15(13-7-3-1-4-8-13)14-9-5-2-6-10-14;2*1-2/h1-11H;2*1-2H3. The van der Waals surface area contributed by atoms with Crippen molar-refractivity contribution >= 4 is 5.57 Å². The molecule has 104 valence electrons. The predicted octanol–water partition coefficient (Wildman–Crippen LogP) is 5.69. The first-order valence-electron chi connectivity index (χ1n) is 7.12. The zero-order valence-corrected chi connectivity index (χ0v) is 12.8. The Morgan fingerprint density at radius 2 is 1.10 bits per heavy atom. The largest absolute Gasteiger partial charge is 0.193 e. The lowest BCUT2D eigenvalue weighted by molar-refractivity contribution is 1.50. The van der Waals surface area contributed by atoms with Gasteiger partial charge in [-0.25, -0.2) is 0 Å². The summed E-state index contributed by atoms with van der Waals surface area (Å²) in [5, 5.41) is 8.83. The van der Waals surface area contributed by atoms with E-state index in [2.05, 4.69) is 6.07 Å². The van der Waals surface area contributed by atoms with E-state index in [0.29, 0.717) is 0 Å². The van der Waals surface area contributed by atoms with E-state index in [1.807, 2.05) is 88.4 Å². The summed E-state index contributed by atoms with van der Waals surface area (Å²) in [6.07, 6.45) is 1.59. The fourth-order valence-corrected chi connectivity index (χ4v) is 1.63. The summed E-state index contributed by atoms with van der Waals surface area (Å²) >= 11 is 0. The van der Waals surface area contributed by atoms with Crippen molar-refractivity contribution in [2.24, 2.45) is 0 Å². The summed E-state index contributed by atoms with van der Waals surface area (Å²) in [5.74, 6) is 0. The van der Waals surface area contributed by atoms with Gasteiger partial charge < -0.3 is 0 Å². The zero-order valence-electron chi connectivity index (χ0n) is 12.8. The monoisotopic (exact) mass is 265 g/mol. The number of allylic oxidation sites excluding steroid dienone is 1. The molecule has 0 amide bonds. The van der Waals surface area contributed by atoms with E-state index in [-0.39, 0.29) is 0 Å². The zero-order chi connectivity index (χ0) is 15.2. The highest BCUT2D eigenvalue weighted by atomic mass is 14.2. The van der Waals surface area contributed by atoms with E-state index >= 15 is 0 Å². The highest BCUT2D eigenvalue weighted by molar-refractivity contribution is 5.81. The molecule has 1 nitrogen and oxygen atoms in total. The molecule has 0 fully saturated rings. The molecule has 20 heavy (non-hydrogen) atoms.